The second kappa shape index (κ2) is 11.0. The molecule has 0 spiro atoms. The minimum Gasteiger partial charge on any atom is -0.378 e. The van der Waals surface area contributed by atoms with E-state index in [1.807, 2.05) is 32.9 Å². The molecule has 1 amide bonds. The first-order valence-corrected chi connectivity index (χ1v) is 14.0. The van der Waals surface area contributed by atoms with Gasteiger partial charge in [-0.1, -0.05) is 45.0 Å². The SMILES string of the molecule is CCc1[nH]ncc1Nc1nccc(-c2ccc3c(c2)CN(C2COC2)CC[C@H]3NC(=O)c2noc(C(C)(C)C)n2)n1. The molecule has 3 N–H and O–H groups in total. The van der Waals surface area contributed by atoms with Crippen molar-refractivity contribution in [3.63, 3.8) is 0 Å². The van der Waals surface area contributed by atoms with E-state index >= 15 is 0 Å². The van der Waals surface area contributed by atoms with Gasteiger partial charge in [-0.05, 0) is 36.1 Å². The predicted octanol–water partition coefficient (Wildman–Crippen LogP) is 3.93. The van der Waals surface area contributed by atoms with Crippen LogP contribution in [0.15, 0.2) is 41.2 Å². The molecule has 1 atom stereocenters. The highest BCUT2D eigenvalue weighted by Gasteiger charge is 2.32. The van der Waals surface area contributed by atoms with E-state index in [9.17, 15) is 4.79 Å². The van der Waals surface area contributed by atoms with Crippen LogP contribution in [0.4, 0.5) is 11.6 Å². The number of carbonyl (C=O) groups excluding carboxylic acids is 1. The number of nitrogens with zero attached hydrogens (tertiary/aromatic N) is 6. The topological polar surface area (TPSA) is 147 Å². The summed E-state index contributed by atoms with van der Waals surface area (Å²) in [5.41, 5.74) is 5.50. The molecule has 2 aliphatic heterocycles. The van der Waals surface area contributed by atoms with Crippen LogP contribution in [0.3, 0.4) is 0 Å². The summed E-state index contributed by atoms with van der Waals surface area (Å²) in [5, 5.41) is 17.5. The van der Waals surface area contributed by atoms with E-state index in [4.69, 9.17) is 14.2 Å². The van der Waals surface area contributed by atoms with E-state index in [0.717, 1.165) is 72.9 Å². The standard InChI is InChI=1S/C29H35N9O3/c1-5-21-24(13-31-36-21)34-28-30-10-8-22(33-28)17-6-7-20-18(12-17)14-38(19-15-40-16-19)11-9-23(20)32-26(39)25-35-27(41-37-25)29(2,3)4/h6-8,10,12-13,19,23H,5,9,11,14-16H2,1-4H3,(H,31,36)(H,32,39)(H,30,33,34)/t23-/m1/s1. The van der Waals surface area contributed by atoms with Crippen LogP contribution >= 0.6 is 0 Å². The molecule has 0 bridgehead atoms. The average molecular weight is 558 g/mol. The first kappa shape index (κ1) is 27.0. The number of ether oxygens (including phenoxy) is 1. The van der Waals surface area contributed by atoms with Crippen molar-refractivity contribution in [2.75, 3.05) is 25.1 Å². The minimum absolute atomic E-state index is 0.0476. The van der Waals surface area contributed by atoms with E-state index in [1.165, 1.54) is 0 Å². The number of aromatic nitrogens is 6. The molecule has 0 aliphatic carbocycles. The lowest BCUT2D eigenvalue weighted by atomic mass is 9.96. The van der Waals surface area contributed by atoms with Gasteiger partial charge in [0.1, 0.15) is 0 Å². The van der Waals surface area contributed by atoms with Crippen molar-refractivity contribution in [2.24, 2.45) is 0 Å². The summed E-state index contributed by atoms with van der Waals surface area (Å²) in [6.07, 6.45) is 5.06. The number of anilines is 2. The zero-order valence-corrected chi connectivity index (χ0v) is 23.8. The normalized spacial score (nSPS) is 17.9. The number of aromatic amines is 1. The number of hydrogen-bond acceptors (Lipinski definition) is 10. The lowest BCUT2D eigenvalue weighted by Crippen LogP contribution is -2.48. The largest absolute Gasteiger partial charge is 0.378 e. The Balaban J connectivity index is 1.28. The van der Waals surface area contributed by atoms with Gasteiger partial charge in [-0.25, -0.2) is 9.97 Å². The van der Waals surface area contributed by atoms with E-state index < -0.39 is 0 Å². The lowest BCUT2D eigenvalue weighted by Gasteiger charge is -2.36. The summed E-state index contributed by atoms with van der Waals surface area (Å²) in [4.78, 5) is 29.2. The van der Waals surface area contributed by atoms with Gasteiger partial charge in [0.25, 0.3) is 11.7 Å². The van der Waals surface area contributed by atoms with Gasteiger partial charge in [-0.15, -0.1) is 0 Å². The molecule has 1 saturated heterocycles. The van der Waals surface area contributed by atoms with Crippen molar-refractivity contribution in [2.45, 2.75) is 64.6 Å². The summed E-state index contributed by atoms with van der Waals surface area (Å²) >= 11 is 0. The number of carbonyl (C=O) groups is 1. The molecule has 0 saturated carbocycles. The fourth-order valence-electron chi connectivity index (χ4n) is 5.12. The number of H-pyrrole nitrogens is 1. The zero-order chi connectivity index (χ0) is 28.6. The Morgan fingerprint density at radius 3 is 2.78 bits per heavy atom. The van der Waals surface area contributed by atoms with Gasteiger partial charge in [0, 0.05) is 30.3 Å². The molecule has 12 heteroatoms. The van der Waals surface area contributed by atoms with Crippen LogP contribution in [0, 0.1) is 0 Å². The average Bonchev–Trinajstić information content (AvgIpc) is 3.57. The van der Waals surface area contributed by atoms with Crippen LogP contribution in [0.1, 0.15) is 73.5 Å². The second-order valence-electron chi connectivity index (χ2n) is 11.6. The van der Waals surface area contributed by atoms with E-state index in [1.54, 1.807) is 12.4 Å². The number of aryl methyl sites for hydroxylation is 1. The van der Waals surface area contributed by atoms with Gasteiger partial charge in [-0.2, -0.15) is 10.1 Å². The maximum atomic E-state index is 13.2. The molecule has 1 fully saturated rings. The van der Waals surface area contributed by atoms with Gasteiger partial charge < -0.3 is 19.9 Å². The molecule has 0 radical (unpaired) electrons. The molecule has 1 aromatic carbocycles. The molecule has 6 rings (SSSR count). The summed E-state index contributed by atoms with van der Waals surface area (Å²) in [6.45, 7) is 11.0. The first-order valence-electron chi connectivity index (χ1n) is 14.0. The Hall–Kier alpha value is -4.16. The van der Waals surface area contributed by atoms with Gasteiger partial charge in [-0.3, -0.25) is 14.8 Å². The van der Waals surface area contributed by atoms with Crippen molar-refractivity contribution in [3.8, 4) is 11.3 Å². The van der Waals surface area contributed by atoms with Crippen molar-refractivity contribution in [3.05, 3.63) is 65.2 Å². The molecule has 41 heavy (non-hydrogen) atoms. The van der Waals surface area contributed by atoms with Crippen LogP contribution in [-0.4, -0.2) is 66.9 Å². The molecular formula is C29H35N9O3. The second-order valence-corrected chi connectivity index (χ2v) is 11.6. The highest BCUT2D eigenvalue weighted by atomic mass is 16.5. The lowest BCUT2D eigenvalue weighted by molar-refractivity contribution is -0.0678. The smallest absolute Gasteiger partial charge is 0.293 e. The Labute approximate surface area is 238 Å². The van der Waals surface area contributed by atoms with Crippen molar-refractivity contribution < 1.29 is 14.1 Å². The fourth-order valence-corrected chi connectivity index (χ4v) is 5.12. The molecular weight excluding hydrogens is 522 g/mol. The van der Waals surface area contributed by atoms with Gasteiger partial charge in [0.05, 0.1) is 48.6 Å². The number of benzene rings is 1. The van der Waals surface area contributed by atoms with Crippen LogP contribution in [0.2, 0.25) is 0 Å². The number of amides is 1. The number of hydrogen-bond donors (Lipinski definition) is 3. The third-order valence-electron chi connectivity index (χ3n) is 7.58. The van der Waals surface area contributed by atoms with Crippen molar-refractivity contribution in [1.82, 2.24) is 40.5 Å². The van der Waals surface area contributed by atoms with Crippen LogP contribution < -0.4 is 10.6 Å². The Morgan fingerprint density at radius 2 is 2.05 bits per heavy atom. The molecule has 4 aromatic rings. The van der Waals surface area contributed by atoms with E-state index in [-0.39, 0.29) is 23.2 Å². The highest BCUT2D eigenvalue weighted by molar-refractivity contribution is 5.90. The van der Waals surface area contributed by atoms with E-state index in [2.05, 4.69) is 59.9 Å². The zero-order valence-electron chi connectivity index (χ0n) is 23.8. The van der Waals surface area contributed by atoms with Crippen LogP contribution in [-0.2, 0) is 23.1 Å². The van der Waals surface area contributed by atoms with Gasteiger partial charge in [0.2, 0.25) is 11.8 Å². The van der Waals surface area contributed by atoms with Crippen LogP contribution in [0.5, 0.6) is 0 Å². The van der Waals surface area contributed by atoms with Crippen molar-refractivity contribution >= 4 is 17.5 Å². The molecule has 3 aromatic heterocycles. The van der Waals surface area contributed by atoms with Crippen molar-refractivity contribution in [1.29, 1.82) is 0 Å². The fraction of sp³-hybridized carbons (Fsp3) is 0.448. The van der Waals surface area contributed by atoms with Gasteiger partial charge in [0.15, 0.2) is 0 Å². The molecule has 2 aliphatic rings. The summed E-state index contributed by atoms with van der Waals surface area (Å²) in [7, 11) is 0. The number of nitrogens with one attached hydrogen (secondary N) is 3. The molecule has 214 valence electrons. The molecule has 0 unspecified atom stereocenters. The van der Waals surface area contributed by atoms with Gasteiger partial charge >= 0.3 is 0 Å². The third-order valence-corrected chi connectivity index (χ3v) is 7.58. The summed E-state index contributed by atoms with van der Waals surface area (Å²) in [5.74, 6) is 0.636. The Kier molecular flexibility index (Phi) is 7.26. The monoisotopic (exact) mass is 557 g/mol. The number of rotatable bonds is 7. The summed E-state index contributed by atoms with van der Waals surface area (Å²) in [6, 6.07) is 8.37. The molecule has 5 heterocycles. The maximum absolute atomic E-state index is 13.2. The molecule has 12 nitrogen and oxygen atoms in total. The van der Waals surface area contributed by atoms with E-state index in [0.29, 0.717) is 17.9 Å². The third kappa shape index (κ3) is 5.70. The quantitative estimate of drug-likeness (QED) is 0.305. The Bertz CT molecular complexity index is 1540. The predicted molar refractivity (Wildman–Crippen MR) is 152 cm³/mol. The maximum Gasteiger partial charge on any atom is 0.293 e. The Morgan fingerprint density at radius 1 is 1.20 bits per heavy atom. The first-order chi connectivity index (χ1) is 19.8. The highest BCUT2D eigenvalue weighted by Crippen LogP contribution is 2.33. The van der Waals surface area contributed by atoms with Crippen LogP contribution in [0.25, 0.3) is 11.3 Å². The minimum atomic E-state index is -0.345. The summed E-state index contributed by atoms with van der Waals surface area (Å²) < 4.78 is 10.9. The number of fused-ring (bicyclic) bond motifs is 1.